The topological polar surface area (TPSA) is 78.8 Å². The van der Waals surface area contributed by atoms with E-state index in [0.29, 0.717) is 5.56 Å². The van der Waals surface area contributed by atoms with E-state index in [2.05, 4.69) is 10.5 Å². The van der Waals surface area contributed by atoms with Crippen LogP contribution in [0.2, 0.25) is 0 Å². The molecule has 0 aliphatic heterocycles. The van der Waals surface area contributed by atoms with Gasteiger partial charge in [0.25, 0.3) is 5.91 Å². The minimum atomic E-state index is -4.58. The summed E-state index contributed by atoms with van der Waals surface area (Å²) in [5.41, 5.74) is 2.52. The predicted octanol–water partition coefficient (Wildman–Crippen LogP) is 4.36. The van der Waals surface area contributed by atoms with Crippen LogP contribution in [-0.4, -0.2) is 31.4 Å². The Kier molecular flexibility index (Phi) is 7.85. The summed E-state index contributed by atoms with van der Waals surface area (Å²) in [6.45, 7) is 1.16. The maximum Gasteiger partial charge on any atom is 0.417 e. The Balaban J connectivity index is 1.79. The van der Waals surface area contributed by atoms with Crippen molar-refractivity contribution in [2.24, 2.45) is 5.10 Å². The number of benzene rings is 3. The number of hydrogen-bond donors (Lipinski definition) is 1. The first-order chi connectivity index (χ1) is 16.1. The van der Waals surface area contributed by atoms with Gasteiger partial charge in [-0.1, -0.05) is 66.2 Å². The number of aryl methyl sites for hydroxylation is 1. The van der Waals surface area contributed by atoms with E-state index < -0.39 is 34.2 Å². The lowest BCUT2D eigenvalue weighted by atomic mass is 10.1. The van der Waals surface area contributed by atoms with Gasteiger partial charge in [0, 0.05) is 12.1 Å². The SMILES string of the molecule is Cc1ccc(S(=O)(=O)N(CC(=O)N/N=C\c2ccccc2C(F)(F)F)Cc2ccccc2)cc1. The van der Waals surface area contributed by atoms with Gasteiger partial charge in [-0.05, 0) is 30.7 Å². The summed E-state index contributed by atoms with van der Waals surface area (Å²) in [7, 11) is -4.04. The molecule has 0 radical (unpaired) electrons. The number of hydrogen-bond acceptors (Lipinski definition) is 4. The molecule has 0 aliphatic carbocycles. The molecule has 0 atom stereocenters. The number of rotatable bonds is 8. The van der Waals surface area contributed by atoms with Crippen LogP contribution in [0.15, 0.2) is 88.9 Å². The Bertz CT molecular complexity index is 1260. The summed E-state index contributed by atoms with van der Waals surface area (Å²) in [4.78, 5) is 12.5. The summed E-state index contributed by atoms with van der Waals surface area (Å²) in [5.74, 6) is -0.799. The largest absolute Gasteiger partial charge is 0.417 e. The van der Waals surface area contributed by atoms with Gasteiger partial charge in [-0.2, -0.15) is 22.6 Å². The van der Waals surface area contributed by atoms with Gasteiger partial charge in [0.2, 0.25) is 10.0 Å². The Labute approximate surface area is 195 Å². The summed E-state index contributed by atoms with van der Waals surface area (Å²) in [6.07, 6.45) is -3.71. The summed E-state index contributed by atoms with van der Waals surface area (Å²) in [5, 5.41) is 3.60. The van der Waals surface area contributed by atoms with Crippen molar-refractivity contribution in [1.82, 2.24) is 9.73 Å². The molecule has 34 heavy (non-hydrogen) atoms. The van der Waals surface area contributed by atoms with Crippen LogP contribution in [-0.2, 0) is 27.5 Å². The molecule has 0 fully saturated rings. The average molecular weight is 490 g/mol. The van der Waals surface area contributed by atoms with E-state index in [1.54, 1.807) is 42.5 Å². The van der Waals surface area contributed by atoms with E-state index in [4.69, 9.17) is 0 Å². The van der Waals surface area contributed by atoms with Crippen LogP contribution in [0.5, 0.6) is 0 Å². The number of sulfonamides is 1. The Morgan fingerprint density at radius 2 is 1.59 bits per heavy atom. The van der Waals surface area contributed by atoms with Gasteiger partial charge in [-0.25, -0.2) is 13.8 Å². The Morgan fingerprint density at radius 1 is 0.971 bits per heavy atom. The molecule has 1 N–H and O–H groups in total. The third-order valence-electron chi connectivity index (χ3n) is 4.84. The molecule has 3 aromatic rings. The standard InChI is InChI=1S/C24H22F3N3O3S/c1-18-11-13-21(14-12-18)34(32,33)30(16-19-7-3-2-4-8-19)17-23(31)29-28-15-20-9-5-6-10-22(20)24(25,26)27/h2-15H,16-17H2,1H3,(H,29,31)/b28-15-. The van der Waals surface area contributed by atoms with Crippen LogP contribution in [0, 0.1) is 6.92 Å². The molecule has 0 spiro atoms. The van der Waals surface area contributed by atoms with Crippen molar-refractivity contribution < 1.29 is 26.4 Å². The second-order valence-electron chi connectivity index (χ2n) is 7.45. The number of amides is 1. The fourth-order valence-corrected chi connectivity index (χ4v) is 4.49. The van der Waals surface area contributed by atoms with Crippen molar-refractivity contribution in [3.8, 4) is 0 Å². The number of alkyl halides is 3. The van der Waals surface area contributed by atoms with E-state index in [-0.39, 0.29) is 17.0 Å². The molecule has 6 nitrogen and oxygen atoms in total. The van der Waals surface area contributed by atoms with E-state index >= 15 is 0 Å². The summed E-state index contributed by atoms with van der Waals surface area (Å²) >= 11 is 0. The molecule has 0 aromatic heterocycles. The van der Waals surface area contributed by atoms with Crippen LogP contribution in [0.25, 0.3) is 0 Å². The van der Waals surface area contributed by atoms with Crippen molar-refractivity contribution in [3.63, 3.8) is 0 Å². The smallest absolute Gasteiger partial charge is 0.272 e. The fourth-order valence-electron chi connectivity index (χ4n) is 3.11. The minimum absolute atomic E-state index is 0.0180. The lowest BCUT2D eigenvalue weighted by Crippen LogP contribution is -2.39. The van der Waals surface area contributed by atoms with Crippen LogP contribution < -0.4 is 5.43 Å². The fraction of sp³-hybridized carbons (Fsp3) is 0.167. The molecular weight excluding hydrogens is 467 g/mol. The predicted molar refractivity (Wildman–Crippen MR) is 122 cm³/mol. The second-order valence-corrected chi connectivity index (χ2v) is 9.39. The zero-order valence-electron chi connectivity index (χ0n) is 18.2. The van der Waals surface area contributed by atoms with Crippen molar-refractivity contribution in [2.75, 3.05) is 6.54 Å². The molecule has 0 unspecified atom stereocenters. The first-order valence-electron chi connectivity index (χ1n) is 10.2. The molecule has 178 valence electrons. The number of nitrogens with one attached hydrogen (secondary N) is 1. The summed E-state index contributed by atoms with van der Waals surface area (Å²) < 4.78 is 66.7. The monoisotopic (exact) mass is 489 g/mol. The lowest BCUT2D eigenvalue weighted by molar-refractivity contribution is -0.137. The van der Waals surface area contributed by atoms with Crippen LogP contribution in [0.1, 0.15) is 22.3 Å². The summed E-state index contributed by atoms with van der Waals surface area (Å²) in [6, 6.07) is 19.7. The third kappa shape index (κ3) is 6.52. The zero-order chi connectivity index (χ0) is 24.8. The highest BCUT2D eigenvalue weighted by atomic mass is 32.2. The van der Waals surface area contributed by atoms with E-state index in [1.807, 2.05) is 6.92 Å². The molecule has 1 amide bonds. The molecule has 0 saturated carbocycles. The van der Waals surface area contributed by atoms with Crippen LogP contribution >= 0.6 is 0 Å². The van der Waals surface area contributed by atoms with Crippen molar-refractivity contribution >= 4 is 22.1 Å². The Hall–Kier alpha value is -3.50. The number of halogens is 3. The molecule has 0 saturated heterocycles. The maximum atomic E-state index is 13.2. The second kappa shape index (κ2) is 10.6. The van der Waals surface area contributed by atoms with E-state index in [9.17, 15) is 26.4 Å². The number of carbonyl (C=O) groups excluding carboxylic acids is 1. The molecular formula is C24H22F3N3O3S. The van der Waals surface area contributed by atoms with Crippen molar-refractivity contribution in [3.05, 3.63) is 101 Å². The first-order valence-corrected chi connectivity index (χ1v) is 11.6. The van der Waals surface area contributed by atoms with Gasteiger partial charge < -0.3 is 0 Å². The molecule has 3 aromatic carbocycles. The number of hydrazone groups is 1. The third-order valence-corrected chi connectivity index (χ3v) is 6.65. The molecule has 0 aliphatic rings. The number of carbonyl (C=O) groups is 1. The quantitative estimate of drug-likeness (QED) is 0.377. The van der Waals surface area contributed by atoms with E-state index in [1.165, 1.54) is 30.3 Å². The minimum Gasteiger partial charge on any atom is -0.272 e. The molecule has 3 rings (SSSR count). The van der Waals surface area contributed by atoms with Gasteiger partial charge in [0.1, 0.15) is 0 Å². The lowest BCUT2D eigenvalue weighted by Gasteiger charge is -2.21. The normalized spacial score (nSPS) is 12.3. The van der Waals surface area contributed by atoms with Gasteiger partial charge in [-0.15, -0.1) is 0 Å². The van der Waals surface area contributed by atoms with Gasteiger partial charge in [0.05, 0.1) is 23.2 Å². The van der Waals surface area contributed by atoms with Crippen molar-refractivity contribution in [1.29, 1.82) is 0 Å². The maximum absolute atomic E-state index is 13.2. The number of nitrogens with zero attached hydrogens (tertiary/aromatic N) is 2. The molecule has 10 heteroatoms. The zero-order valence-corrected chi connectivity index (χ0v) is 19.0. The van der Waals surface area contributed by atoms with Crippen LogP contribution in [0.3, 0.4) is 0 Å². The van der Waals surface area contributed by atoms with Gasteiger partial charge in [0.15, 0.2) is 0 Å². The van der Waals surface area contributed by atoms with Gasteiger partial charge >= 0.3 is 6.18 Å². The molecule has 0 heterocycles. The highest BCUT2D eigenvalue weighted by molar-refractivity contribution is 7.89. The van der Waals surface area contributed by atoms with Gasteiger partial charge in [-0.3, -0.25) is 4.79 Å². The average Bonchev–Trinajstić information content (AvgIpc) is 2.79. The van der Waals surface area contributed by atoms with Crippen LogP contribution in [0.4, 0.5) is 13.2 Å². The first kappa shape index (κ1) is 25.1. The van der Waals surface area contributed by atoms with E-state index in [0.717, 1.165) is 22.1 Å². The highest BCUT2D eigenvalue weighted by Gasteiger charge is 2.32. The Morgan fingerprint density at radius 3 is 2.24 bits per heavy atom. The van der Waals surface area contributed by atoms with Crippen molar-refractivity contribution in [2.45, 2.75) is 24.5 Å². The molecule has 0 bridgehead atoms. The highest BCUT2D eigenvalue weighted by Crippen LogP contribution is 2.31.